The maximum atomic E-state index is 13.2. The van der Waals surface area contributed by atoms with E-state index in [0.29, 0.717) is 25.8 Å². The Hall–Kier alpha value is -2.50. The van der Waals surface area contributed by atoms with Crippen LogP contribution in [0.15, 0.2) is 35.2 Å². The number of unbranched alkanes of at least 4 members (excludes halogenated alkanes) is 13. The van der Waals surface area contributed by atoms with Gasteiger partial charge in [-0.25, -0.2) is 8.42 Å². The van der Waals surface area contributed by atoms with Crippen molar-refractivity contribution in [2.24, 2.45) is 11.5 Å². The third-order valence-corrected chi connectivity index (χ3v) is 9.92. The standard InChI is InChI=1S/C33H59N5O5S/c1-3-4-5-6-7-8-9-10-11-12-13-14-18-24-31(39)37-30(23-19-20-25-34)33(41)36-26-27-38(28(2)32(35)40)44(42,43)29-21-16-15-17-22-29/h15-17,21-22,28,30H,3-14,18-20,23-27,34H2,1-2H3,(H2,35,40)(H,36,41)(H,37,39)/t28-,30-/m0/s1. The Bertz CT molecular complexity index is 1040. The van der Waals surface area contributed by atoms with Gasteiger partial charge < -0.3 is 22.1 Å². The summed E-state index contributed by atoms with van der Waals surface area (Å²) in [4.78, 5) is 37.6. The Kier molecular flexibility index (Phi) is 21.4. The molecule has 0 radical (unpaired) electrons. The molecule has 10 nitrogen and oxygen atoms in total. The lowest BCUT2D eigenvalue weighted by Crippen LogP contribution is -2.51. The predicted molar refractivity (Wildman–Crippen MR) is 177 cm³/mol. The second kappa shape index (κ2) is 23.8. The normalized spacial score (nSPS) is 13.0. The smallest absolute Gasteiger partial charge is 0.243 e. The van der Waals surface area contributed by atoms with Crippen molar-refractivity contribution in [2.45, 2.75) is 140 Å². The van der Waals surface area contributed by atoms with Crippen LogP contribution in [0, 0.1) is 0 Å². The van der Waals surface area contributed by atoms with Gasteiger partial charge in [-0.2, -0.15) is 4.31 Å². The van der Waals surface area contributed by atoms with E-state index < -0.39 is 33.9 Å². The molecule has 0 heterocycles. The van der Waals surface area contributed by atoms with Crippen molar-refractivity contribution in [3.63, 3.8) is 0 Å². The van der Waals surface area contributed by atoms with E-state index in [1.165, 1.54) is 83.3 Å². The molecule has 0 bridgehead atoms. The zero-order valence-electron chi connectivity index (χ0n) is 27.2. The molecule has 0 aromatic heterocycles. The van der Waals surface area contributed by atoms with Crippen molar-refractivity contribution in [1.29, 1.82) is 0 Å². The molecule has 44 heavy (non-hydrogen) atoms. The Labute approximate surface area is 266 Å². The number of rotatable bonds is 27. The van der Waals surface area contributed by atoms with E-state index in [0.717, 1.165) is 30.0 Å². The first kappa shape index (κ1) is 39.5. The first-order chi connectivity index (χ1) is 21.1. The molecule has 252 valence electrons. The second-order valence-electron chi connectivity index (χ2n) is 11.7. The van der Waals surface area contributed by atoms with Gasteiger partial charge in [-0.15, -0.1) is 0 Å². The number of primary amides is 1. The Morgan fingerprint density at radius 1 is 0.818 bits per heavy atom. The van der Waals surface area contributed by atoms with Crippen molar-refractivity contribution < 1.29 is 22.8 Å². The monoisotopic (exact) mass is 637 g/mol. The van der Waals surface area contributed by atoms with Gasteiger partial charge in [0.15, 0.2) is 0 Å². The molecule has 0 aliphatic carbocycles. The number of carbonyl (C=O) groups excluding carboxylic acids is 3. The topological polar surface area (TPSA) is 165 Å². The van der Waals surface area contributed by atoms with E-state index >= 15 is 0 Å². The van der Waals surface area contributed by atoms with Gasteiger partial charge in [-0.3, -0.25) is 14.4 Å². The minimum atomic E-state index is -4.03. The predicted octanol–water partition coefficient (Wildman–Crippen LogP) is 4.76. The maximum absolute atomic E-state index is 13.2. The highest BCUT2D eigenvalue weighted by atomic mass is 32.2. The third-order valence-electron chi connectivity index (χ3n) is 7.93. The lowest BCUT2D eigenvalue weighted by atomic mass is 10.0. The minimum Gasteiger partial charge on any atom is -0.368 e. The molecular weight excluding hydrogens is 578 g/mol. The van der Waals surface area contributed by atoms with Crippen LogP contribution in [0.3, 0.4) is 0 Å². The van der Waals surface area contributed by atoms with Gasteiger partial charge in [-0.1, -0.05) is 102 Å². The molecule has 2 atom stereocenters. The fraction of sp³-hybridized carbons (Fsp3) is 0.727. The molecular formula is C33H59N5O5S. The number of hydrogen-bond acceptors (Lipinski definition) is 6. The number of hydrogen-bond donors (Lipinski definition) is 4. The van der Waals surface area contributed by atoms with Crippen LogP contribution in [0.4, 0.5) is 0 Å². The largest absolute Gasteiger partial charge is 0.368 e. The number of nitrogens with zero attached hydrogens (tertiary/aromatic N) is 1. The van der Waals surface area contributed by atoms with Crippen LogP contribution in [0.25, 0.3) is 0 Å². The molecule has 0 saturated carbocycles. The van der Waals surface area contributed by atoms with E-state index in [-0.39, 0.29) is 23.9 Å². The molecule has 0 fully saturated rings. The lowest BCUT2D eigenvalue weighted by Gasteiger charge is -2.27. The summed E-state index contributed by atoms with van der Waals surface area (Å²) in [6, 6.07) is 5.90. The van der Waals surface area contributed by atoms with Gasteiger partial charge in [0.25, 0.3) is 0 Å². The van der Waals surface area contributed by atoms with Crippen molar-refractivity contribution in [3.8, 4) is 0 Å². The van der Waals surface area contributed by atoms with Gasteiger partial charge in [0.2, 0.25) is 27.7 Å². The molecule has 1 aromatic rings. The van der Waals surface area contributed by atoms with Crippen molar-refractivity contribution >= 4 is 27.7 Å². The summed E-state index contributed by atoms with van der Waals surface area (Å²) in [5.74, 6) is -1.36. The van der Waals surface area contributed by atoms with Gasteiger partial charge in [0.1, 0.15) is 12.1 Å². The summed E-state index contributed by atoms with van der Waals surface area (Å²) in [6.07, 6.45) is 18.1. The highest BCUT2D eigenvalue weighted by molar-refractivity contribution is 7.89. The fourth-order valence-corrected chi connectivity index (χ4v) is 6.76. The molecule has 0 unspecified atom stereocenters. The number of carbonyl (C=O) groups is 3. The molecule has 1 rings (SSSR count). The SMILES string of the molecule is CCCCCCCCCCCCCCCC(=O)N[C@@H](CCCCN)C(=O)NCCN([C@@H](C)C(N)=O)S(=O)(=O)c1ccccc1. The third kappa shape index (κ3) is 16.5. The van der Waals surface area contributed by atoms with Gasteiger partial charge in [0, 0.05) is 19.5 Å². The Morgan fingerprint density at radius 2 is 1.36 bits per heavy atom. The molecule has 1 aromatic carbocycles. The van der Waals surface area contributed by atoms with Crippen LogP contribution in [-0.4, -0.2) is 62.2 Å². The van der Waals surface area contributed by atoms with E-state index in [1.807, 2.05) is 0 Å². The van der Waals surface area contributed by atoms with E-state index in [9.17, 15) is 22.8 Å². The highest BCUT2D eigenvalue weighted by Crippen LogP contribution is 2.18. The van der Waals surface area contributed by atoms with Crippen molar-refractivity contribution in [2.75, 3.05) is 19.6 Å². The quantitative estimate of drug-likeness (QED) is 0.102. The summed E-state index contributed by atoms with van der Waals surface area (Å²) in [5.41, 5.74) is 11.1. The van der Waals surface area contributed by atoms with Crippen molar-refractivity contribution in [3.05, 3.63) is 30.3 Å². The van der Waals surface area contributed by atoms with Crippen LogP contribution >= 0.6 is 0 Å². The van der Waals surface area contributed by atoms with Gasteiger partial charge in [-0.05, 0) is 51.3 Å². The molecule has 0 spiro atoms. The van der Waals surface area contributed by atoms with Crippen LogP contribution in [0.2, 0.25) is 0 Å². The number of nitrogens with one attached hydrogen (secondary N) is 2. The van der Waals surface area contributed by atoms with E-state index in [2.05, 4.69) is 17.6 Å². The lowest BCUT2D eigenvalue weighted by molar-refractivity contribution is -0.129. The number of sulfonamides is 1. The summed E-state index contributed by atoms with van der Waals surface area (Å²) in [5, 5.41) is 5.59. The van der Waals surface area contributed by atoms with Gasteiger partial charge >= 0.3 is 0 Å². The number of amides is 3. The number of nitrogens with two attached hydrogens (primary N) is 2. The first-order valence-electron chi connectivity index (χ1n) is 16.8. The summed E-state index contributed by atoms with van der Waals surface area (Å²) < 4.78 is 27.4. The maximum Gasteiger partial charge on any atom is 0.243 e. The molecule has 11 heteroatoms. The first-order valence-corrected chi connectivity index (χ1v) is 18.2. The number of benzene rings is 1. The summed E-state index contributed by atoms with van der Waals surface area (Å²) in [7, 11) is -4.03. The zero-order chi connectivity index (χ0) is 32.6. The molecule has 0 aliphatic rings. The molecule has 6 N–H and O–H groups in total. The van der Waals surface area contributed by atoms with E-state index in [4.69, 9.17) is 11.5 Å². The van der Waals surface area contributed by atoms with Crippen LogP contribution in [-0.2, 0) is 24.4 Å². The average Bonchev–Trinajstić information content (AvgIpc) is 3.01. The van der Waals surface area contributed by atoms with E-state index in [1.54, 1.807) is 18.2 Å². The molecule has 3 amide bonds. The van der Waals surface area contributed by atoms with Crippen LogP contribution < -0.4 is 22.1 Å². The summed E-state index contributed by atoms with van der Waals surface area (Å²) in [6.45, 7) is 3.93. The van der Waals surface area contributed by atoms with Crippen LogP contribution in [0.5, 0.6) is 0 Å². The fourth-order valence-electron chi connectivity index (χ4n) is 5.14. The molecule has 0 saturated heterocycles. The minimum absolute atomic E-state index is 0.0273. The average molecular weight is 638 g/mol. The Balaban J connectivity index is 2.50. The highest BCUT2D eigenvalue weighted by Gasteiger charge is 2.32. The second-order valence-corrected chi connectivity index (χ2v) is 13.6. The van der Waals surface area contributed by atoms with Gasteiger partial charge in [0.05, 0.1) is 4.90 Å². The van der Waals surface area contributed by atoms with Crippen molar-refractivity contribution in [1.82, 2.24) is 14.9 Å². The Morgan fingerprint density at radius 3 is 1.89 bits per heavy atom. The summed E-state index contributed by atoms with van der Waals surface area (Å²) >= 11 is 0. The zero-order valence-corrected chi connectivity index (χ0v) is 28.1. The molecule has 0 aliphatic heterocycles. The van der Waals surface area contributed by atoms with Crippen LogP contribution in [0.1, 0.15) is 123 Å².